The molecule has 3 aromatic carbocycles. The number of nitrogens with zero attached hydrogens (tertiary/aromatic N) is 2. The first-order valence-electron chi connectivity index (χ1n) is 10.8. The highest BCUT2D eigenvalue weighted by molar-refractivity contribution is 5.80. The fourth-order valence-electron chi connectivity index (χ4n) is 4.62. The van der Waals surface area contributed by atoms with E-state index in [1.54, 1.807) is 12.4 Å². The SMILES string of the molecule is O=C(O)C=CC1=CN(C(c2ccccc2)(c2ccccc2)c2ccccc2)c2nc[nH]c2C1. The van der Waals surface area contributed by atoms with Crippen molar-refractivity contribution in [2.24, 2.45) is 0 Å². The van der Waals surface area contributed by atoms with Crippen LogP contribution in [0.4, 0.5) is 5.82 Å². The van der Waals surface area contributed by atoms with Crippen molar-refractivity contribution >= 4 is 11.8 Å². The number of fused-ring (bicyclic) bond motifs is 1. The normalized spacial score (nSPS) is 13.6. The summed E-state index contributed by atoms with van der Waals surface area (Å²) in [6.07, 6.45) is 7.13. The molecule has 0 spiro atoms. The van der Waals surface area contributed by atoms with Gasteiger partial charge in [-0.15, -0.1) is 0 Å². The summed E-state index contributed by atoms with van der Waals surface area (Å²) >= 11 is 0. The third-order valence-corrected chi connectivity index (χ3v) is 5.98. The lowest BCUT2D eigenvalue weighted by Gasteiger charge is -2.46. The van der Waals surface area contributed by atoms with Gasteiger partial charge in [0, 0.05) is 18.7 Å². The molecule has 0 bridgehead atoms. The number of carbonyl (C=O) groups is 1. The Kier molecular flexibility index (Phi) is 5.37. The van der Waals surface area contributed by atoms with Gasteiger partial charge in [-0.25, -0.2) is 9.78 Å². The molecule has 0 fully saturated rings. The van der Waals surface area contributed by atoms with Gasteiger partial charge in [0.15, 0.2) is 5.82 Å². The van der Waals surface area contributed by atoms with Crippen LogP contribution in [0, 0.1) is 0 Å². The molecule has 5 heteroatoms. The number of nitrogens with one attached hydrogen (secondary N) is 1. The zero-order chi connectivity index (χ0) is 22.7. The molecule has 5 rings (SSSR count). The van der Waals surface area contributed by atoms with E-state index >= 15 is 0 Å². The molecule has 2 heterocycles. The summed E-state index contributed by atoms with van der Waals surface area (Å²) in [5.74, 6) is -0.155. The molecule has 5 nitrogen and oxygen atoms in total. The summed E-state index contributed by atoms with van der Waals surface area (Å²) in [6, 6.07) is 31.0. The molecule has 2 N–H and O–H groups in total. The van der Waals surface area contributed by atoms with Gasteiger partial charge in [-0.2, -0.15) is 0 Å². The van der Waals surface area contributed by atoms with Crippen LogP contribution >= 0.6 is 0 Å². The minimum Gasteiger partial charge on any atom is -0.478 e. The topological polar surface area (TPSA) is 69.2 Å². The summed E-state index contributed by atoms with van der Waals surface area (Å²) in [5.41, 5.74) is 4.33. The largest absolute Gasteiger partial charge is 0.478 e. The molecule has 4 aromatic rings. The third kappa shape index (κ3) is 3.64. The van der Waals surface area contributed by atoms with Crippen LogP contribution in [0.1, 0.15) is 22.4 Å². The van der Waals surface area contributed by atoms with E-state index in [-0.39, 0.29) is 0 Å². The quantitative estimate of drug-likeness (QED) is 0.320. The number of hydrogen-bond donors (Lipinski definition) is 2. The Balaban J connectivity index is 1.86. The number of hydrogen-bond acceptors (Lipinski definition) is 3. The monoisotopic (exact) mass is 433 g/mol. The fourth-order valence-corrected chi connectivity index (χ4v) is 4.62. The van der Waals surface area contributed by atoms with Gasteiger partial charge >= 0.3 is 5.97 Å². The van der Waals surface area contributed by atoms with Gasteiger partial charge in [0.1, 0.15) is 5.54 Å². The van der Waals surface area contributed by atoms with Crippen LogP contribution < -0.4 is 4.90 Å². The lowest BCUT2D eigenvalue weighted by molar-refractivity contribution is -0.131. The second kappa shape index (κ2) is 8.63. The van der Waals surface area contributed by atoms with Crippen molar-refractivity contribution in [3.05, 3.63) is 144 Å². The molecule has 33 heavy (non-hydrogen) atoms. The molecular weight excluding hydrogens is 410 g/mol. The van der Waals surface area contributed by atoms with E-state index < -0.39 is 11.5 Å². The molecule has 0 atom stereocenters. The van der Waals surface area contributed by atoms with Crippen molar-refractivity contribution in [3.63, 3.8) is 0 Å². The Morgan fingerprint density at radius 1 is 0.879 bits per heavy atom. The maximum Gasteiger partial charge on any atom is 0.328 e. The Bertz CT molecular complexity index is 1210. The Hall–Kier alpha value is -4.38. The van der Waals surface area contributed by atoms with Crippen LogP contribution in [0.15, 0.2) is 121 Å². The van der Waals surface area contributed by atoms with Crippen molar-refractivity contribution in [2.75, 3.05) is 4.90 Å². The molecular formula is C28H23N3O2. The highest BCUT2D eigenvalue weighted by Gasteiger charge is 2.44. The number of imidazole rings is 1. The number of anilines is 1. The number of carboxylic acids is 1. The second-order valence-electron chi connectivity index (χ2n) is 7.94. The predicted octanol–water partition coefficient (Wildman–Crippen LogP) is 5.29. The first kappa shape index (κ1) is 20.5. The van der Waals surface area contributed by atoms with Crippen LogP contribution in [0.5, 0.6) is 0 Å². The summed E-state index contributed by atoms with van der Waals surface area (Å²) in [5, 5.41) is 9.21. The molecule has 0 unspecified atom stereocenters. The Morgan fingerprint density at radius 2 is 1.39 bits per heavy atom. The number of aliphatic carboxylic acids is 1. The fraction of sp³-hybridized carbons (Fsp3) is 0.0714. The molecule has 0 radical (unpaired) electrons. The predicted molar refractivity (Wildman–Crippen MR) is 129 cm³/mol. The zero-order valence-electron chi connectivity index (χ0n) is 17.9. The molecule has 1 aliphatic heterocycles. The van der Waals surface area contributed by atoms with E-state index in [1.165, 1.54) is 6.08 Å². The van der Waals surface area contributed by atoms with E-state index in [4.69, 9.17) is 4.98 Å². The maximum absolute atomic E-state index is 11.2. The van der Waals surface area contributed by atoms with Gasteiger partial charge in [-0.3, -0.25) is 0 Å². The average molecular weight is 434 g/mol. The molecule has 0 aliphatic carbocycles. The number of H-pyrrole nitrogens is 1. The Labute approximate surface area is 192 Å². The molecule has 0 saturated carbocycles. The lowest BCUT2D eigenvalue weighted by Crippen LogP contribution is -2.47. The number of benzene rings is 3. The molecule has 162 valence electrons. The van der Waals surface area contributed by atoms with Crippen LogP contribution in [0.2, 0.25) is 0 Å². The Morgan fingerprint density at radius 3 is 1.88 bits per heavy atom. The lowest BCUT2D eigenvalue weighted by atomic mass is 9.75. The smallest absolute Gasteiger partial charge is 0.328 e. The summed E-state index contributed by atoms with van der Waals surface area (Å²) in [6.45, 7) is 0. The van der Waals surface area contributed by atoms with Crippen LogP contribution in [-0.4, -0.2) is 21.0 Å². The van der Waals surface area contributed by atoms with Gasteiger partial charge in [0.2, 0.25) is 0 Å². The van der Waals surface area contributed by atoms with Crippen molar-refractivity contribution in [2.45, 2.75) is 12.0 Å². The van der Waals surface area contributed by atoms with Gasteiger partial charge in [0.25, 0.3) is 0 Å². The molecule has 0 amide bonds. The number of aromatic nitrogens is 2. The highest BCUT2D eigenvalue weighted by Crippen LogP contribution is 2.46. The summed E-state index contributed by atoms with van der Waals surface area (Å²) in [7, 11) is 0. The third-order valence-electron chi connectivity index (χ3n) is 5.98. The molecule has 0 saturated heterocycles. The number of aromatic amines is 1. The zero-order valence-corrected chi connectivity index (χ0v) is 17.9. The van der Waals surface area contributed by atoms with E-state index in [2.05, 4.69) is 46.3 Å². The van der Waals surface area contributed by atoms with E-state index in [0.717, 1.165) is 33.8 Å². The van der Waals surface area contributed by atoms with E-state index in [1.807, 2.05) is 60.8 Å². The van der Waals surface area contributed by atoms with Gasteiger partial charge in [-0.05, 0) is 28.3 Å². The van der Waals surface area contributed by atoms with Gasteiger partial charge in [-0.1, -0.05) is 91.0 Å². The number of allylic oxidation sites excluding steroid dienone is 2. The second-order valence-corrected chi connectivity index (χ2v) is 7.94. The first-order valence-corrected chi connectivity index (χ1v) is 10.8. The van der Waals surface area contributed by atoms with Crippen LogP contribution in [0.25, 0.3) is 0 Å². The van der Waals surface area contributed by atoms with E-state index in [9.17, 15) is 9.90 Å². The number of carboxylic acid groups (broad SMARTS) is 1. The van der Waals surface area contributed by atoms with Crippen LogP contribution in [0.3, 0.4) is 0 Å². The van der Waals surface area contributed by atoms with Crippen molar-refractivity contribution < 1.29 is 9.90 Å². The van der Waals surface area contributed by atoms with Crippen LogP contribution in [-0.2, 0) is 16.8 Å². The summed E-state index contributed by atoms with van der Waals surface area (Å²) in [4.78, 5) is 21.4. The van der Waals surface area contributed by atoms with Gasteiger partial charge in [0.05, 0.1) is 12.0 Å². The highest BCUT2D eigenvalue weighted by atomic mass is 16.4. The minimum atomic E-state index is -0.974. The average Bonchev–Trinajstić information content (AvgIpc) is 3.34. The van der Waals surface area contributed by atoms with E-state index in [0.29, 0.717) is 6.42 Å². The number of rotatable bonds is 6. The first-order chi connectivity index (χ1) is 16.2. The minimum absolute atomic E-state index is 0.573. The van der Waals surface area contributed by atoms with Crippen molar-refractivity contribution in [1.29, 1.82) is 0 Å². The van der Waals surface area contributed by atoms with Gasteiger partial charge < -0.3 is 15.0 Å². The molecule has 1 aromatic heterocycles. The van der Waals surface area contributed by atoms with Crippen molar-refractivity contribution in [1.82, 2.24) is 9.97 Å². The van der Waals surface area contributed by atoms with Crippen molar-refractivity contribution in [3.8, 4) is 0 Å². The standard InChI is InChI=1S/C28H23N3O2/c32-26(33)17-16-21-18-25-27(30-20-29-25)31(19-21)28(22-10-4-1-5-11-22,23-12-6-2-7-13-23)24-14-8-3-9-15-24/h1-17,19-20H,18H2,(H,29,30)(H,32,33). The summed E-state index contributed by atoms with van der Waals surface area (Å²) < 4.78 is 0. The molecule has 1 aliphatic rings. The maximum atomic E-state index is 11.2.